The third-order valence-electron chi connectivity index (χ3n) is 4.47. The summed E-state index contributed by atoms with van der Waals surface area (Å²) in [7, 11) is 2.00. The van der Waals surface area contributed by atoms with Crippen molar-refractivity contribution >= 4 is 5.91 Å². The Hall–Kier alpha value is -1.40. The average Bonchev–Trinajstić information content (AvgIpc) is 2.91. The summed E-state index contributed by atoms with van der Waals surface area (Å²) in [6.07, 6.45) is 5.95. The van der Waals surface area contributed by atoms with Gasteiger partial charge in [-0.15, -0.1) is 0 Å². The third-order valence-corrected chi connectivity index (χ3v) is 4.47. The Balaban J connectivity index is 1.48. The van der Waals surface area contributed by atoms with E-state index in [1.165, 1.54) is 17.7 Å². The summed E-state index contributed by atoms with van der Waals surface area (Å²) < 4.78 is 7.25. The van der Waals surface area contributed by atoms with Crippen molar-refractivity contribution in [3.8, 4) is 0 Å². The van der Waals surface area contributed by atoms with Gasteiger partial charge in [-0.25, -0.2) is 0 Å². The number of rotatable bonds is 4. The van der Waals surface area contributed by atoms with Gasteiger partial charge in [0.25, 0.3) is 0 Å². The minimum Gasteiger partial charge on any atom is -0.378 e. The van der Waals surface area contributed by atoms with Crippen molar-refractivity contribution in [2.24, 2.45) is 7.05 Å². The molecule has 116 valence electrons. The highest BCUT2D eigenvalue weighted by molar-refractivity contribution is 5.76. The van der Waals surface area contributed by atoms with Crippen molar-refractivity contribution in [3.63, 3.8) is 0 Å². The lowest BCUT2D eigenvalue weighted by atomic mass is 9.93. The third kappa shape index (κ3) is 3.27. The van der Waals surface area contributed by atoms with Crippen LogP contribution in [0.4, 0.5) is 0 Å². The Bertz CT molecular complexity index is 494. The van der Waals surface area contributed by atoms with Crippen molar-refractivity contribution < 1.29 is 9.53 Å². The quantitative estimate of drug-likeness (QED) is 0.884. The summed E-state index contributed by atoms with van der Waals surface area (Å²) in [5, 5.41) is 7.88. The molecule has 1 fully saturated rings. The van der Waals surface area contributed by atoms with Gasteiger partial charge in [0.1, 0.15) is 0 Å². The molecule has 0 spiro atoms. The van der Waals surface area contributed by atoms with Crippen molar-refractivity contribution in [3.05, 3.63) is 17.5 Å². The molecular weight excluding hydrogens is 268 g/mol. The van der Waals surface area contributed by atoms with E-state index in [0.29, 0.717) is 25.7 Å². The zero-order valence-corrected chi connectivity index (χ0v) is 12.7. The van der Waals surface area contributed by atoms with E-state index >= 15 is 0 Å². The van der Waals surface area contributed by atoms with Crippen LogP contribution in [0, 0.1) is 0 Å². The number of hydrogen-bond donors (Lipinski definition) is 1. The Morgan fingerprint density at radius 1 is 1.48 bits per heavy atom. The monoisotopic (exact) mass is 292 g/mol. The van der Waals surface area contributed by atoms with E-state index in [9.17, 15) is 4.79 Å². The van der Waals surface area contributed by atoms with E-state index < -0.39 is 0 Å². The number of nitrogens with one attached hydrogen (secondary N) is 1. The first-order valence-electron chi connectivity index (χ1n) is 7.85. The molecule has 6 heteroatoms. The number of aryl methyl sites for hydroxylation is 1. The molecule has 1 aliphatic heterocycles. The standard InChI is InChI=1S/C15H24N4O2/c1-18-14-4-2-3-13(12(14)11-17-18)16-6-5-15(20)19-7-9-21-10-8-19/h11,13,16H,2-10H2,1H3. The summed E-state index contributed by atoms with van der Waals surface area (Å²) in [6, 6.07) is 0.347. The lowest BCUT2D eigenvalue weighted by molar-refractivity contribution is -0.135. The highest BCUT2D eigenvalue weighted by Crippen LogP contribution is 2.28. The van der Waals surface area contributed by atoms with Gasteiger partial charge in [-0.2, -0.15) is 5.10 Å². The summed E-state index contributed by atoms with van der Waals surface area (Å²) in [6.45, 7) is 3.53. The smallest absolute Gasteiger partial charge is 0.224 e. The van der Waals surface area contributed by atoms with E-state index in [1.807, 2.05) is 22.8 Å². The van der Waals surface area contributed by atoms with Crippen LogP contribution in [-0.2, 0) is 23.0 Å². The molecule has 1 N–H and O–H groups in total. The second-order valence-corrected chi connectivity index (χ2v) is 5.81. The summed E-state index contributed by atoms with van der Waals surface area (Å²) in [5.74, 6) is 0.230. The van der Waals surface area contributed by atoms with Gasteiger partial charge in [0.05, 0.1) is 19.4 Å². The topological polar surface area (TPSA) is 59.4 Å². The fourth-order valence-corrected chi connectivity index (χ4v) is 3.24. The molecule has 2 heterocycles. The van der Waals surface area contributed by atoms with Gasteiger partial charge in [-0.1, -0.05) is 0 Å². The average molecular weight is 292 g/mol. The van der Waals surface area contributed by atoms with Gasteiger partial charge >= 0.3 is 0 Å². The van der Waals surface area contributed by atoms with Crippen LogP contribution in [0.5, 0.6) is 0 Å². The minimum absolute atomic E-state index is 0.230. The van der Waals surface area contributed by atoms with Crippen molar-refractivity contribution in [2.45, 2.75) is 31.7 Å². The van der Waals surface area contributed by atoms with Crippen LogP contribution in [0.15, 0.2) is 6.20 Å². The molecule has 0 bridgehead atoms. The molecule has 3 rings (SSSR count). The zero-order valence-electron chi connectivity index (χ0n) is 12.7. The molecule has 1 saturated heterocycles. The molecule has 1 aromatic rings. The lowest BCUT2D eigenvalue weighted by Crippen LogP contribution is -2.41. The Morgan fingerprint density at radius 3 is 3.10 bits per heavy atom. The number of carbonyl (C=O) groups excluding carboxylic acids is 1. The van der Waals surface area contributed by atoms with Crippen molar-refractivity contribution in [1.82, 2.24) is 20.0 Å². The number of fused-ring (bicyclic) bond motifs is 1. The van der Waals surface area contributed by atoms with Crippen LogP contribution in [0.1, 0.15) is 36.6 Å². The van der Waals surface area contributed by atoms with E-state index in [-0.39, 0.29) is 5.91 Å². The van der Waals surface area contributed by atoms with Crippen LogP contribution in [0.25, 0.3) is 0 Å². The van der Waals surface area contributed by atoms with Gasteiger partial charge < -0.3 is 15.0 Å². The number of hydrogen-bond acceptors (Lipinski definition) is 4. The predicted molar refractivity (Wildman–Crippen MR) is 78.9 cm³/mol. The maximum absolute atomic E-state index is 12.1. The number of aromatic nitrogens is 2. The largest absolute Gasteiger partial charge is 0.378 e. The Labute approximate surface area is 125 Å². The fraction of sp³-hybridized carbons (Fsp3) is 0.733. The van der Waals surface area contributed by atoms with Gasteiger partial charge in [0.15, 0.2) is 0 Å². The highest BCUT2D eigenvalue weighted by Gasteiger charge is 2.23. The zero-order chi connectivity index (χ0) is 14.7. The molecule has 1 amide bonds. The van der Waals surface area contributed by atoms with E-state index in [2.05, 4.69) is 10.4 Å². The van der Waals surface area contributed by atoms with E-state index in [0.717, 1.165) is 32.5 Å². The van der Waals surface area contributed by atoms with Gasteiger partial charge in [0, 0.05) is 50.4 Å². The molecule has 21 heavy (non-hydrogen) atoms. The first-order chi connectivity index (χ1) is 10.3. The molecule has 6 nitrogen and oxygen atoms in total. The number of carbonyl (C=O) groups is 1. The molecular formula is C15H24N4O2. The molecule has 0 radical (unpaired) electrons. The molecule has 1 atom stereocenters. The first-order valence-corrected chi connectivity index (χ1v) is 7.85. The van der Waals surface area contributed by atoms with E-state index in [4.69, 9.17) is 4.74 Å². The summed E-state index contributed by atoms with van der Waals surface area (Å²) in [4.78, 5) is 14.0. The second kappa shape index (κ2) is 6.58. The molecule has 0 aromatic carbocycles. The van der Waals surface area contributed by atoms with Gasteiger partial charge in [0.2, 0.25) is 5.91 Å². The Kier molecular flexibility index (Phi) is 4.55. The molecule has 2 aliphatic rings. The van der Waals surface area contributed by atoms with Crippen molar-refractivity contribution in [2.75, 3.05) is 32.8 Å². The number of morpholine rings is 1. The second-order valence-electron chi connectivity index (χ2n) is 5.81. The van der Waals surface area contributed by atoms with Crippen LogP contribution >= 0.6 is 0 Å². The molecule has 1 aliphatic carbocycles. The van der Waals surface area contributed by atoms with Crippen LogP contribution < -0.4 is 5.32 Å². The van der Waals surface area contributed by atoms with Crippen molar-refractivity contribution in [1.29, 1.82) is 0 Å². The minimum atomic E-state index is 0.230. The predicted octanol–water partition coefficient (Wildman–Crippen LogP) is 0.636. The first kappa shape index (κ1) is 14.5. The fourth-order valence-electron chi connectivity index (χ4n) is 3.24. The lowest BCUT2D eigenvalue weighted by Gasteiger charge is -2.28. The van der Waals surface area contributed by atoms with E-state index in [1.54, 1.807) is 0 Å². The van der Waals surface area contributed by atoms with Crippen LogP contribution in [-0.4, -0.2) is 53.4 Å². The SMILES string of the molecule is Cn1ncc2c1CCCC2NCCC(=O)N1CCOCC1. The maximum Gasteiger partial charge on any atom is 0.224 e. The van der Waals surface area contributed by atoms with Gasteiger partial charge in [-0.05, 0) is 19.3 Å². The molecule has 1 unspecified atom stereocenters. The van der Waals surface area contributed by atoms with Crippen LogP contribution in [0.2, 0.25) is 0 Å². The van der Waals surface area contributed by atoms with Gasteiger partial charge in [-0.3, -0.25) is 9.48 Å². The number of ether oxygens (including phenoxy) is 1. The summed E-state index contributed by atoms with van der Waals surface area (Å²) >= 11 is 0. The normalized spacial score (nSPS) is 22.1. The molecule has 1 aromatic heterocycles. The Morgan fingerprint density at radius 2 is 2.29 bits per heavy atom. The highest BCUT2D eigenvalue weighted by atomic mass is 16.5. The summed E-state index contributed by atoms with van der Waals surface area (Å²) in [5.41, 5.74) is 2.64. The number of amides is 1. The molecule has 0 saturated carbocycles. The number of nitrogens with zero attached hydrogens (tertiary/aromatic N) is 3. The van der Waals surface area contributed by atoms with Crippen LogP contribution in [0.3, 0.4) is 0 Å². The maximum atomic E-state index is 12.1.